The number of aromatic nitrogens is 1. The van der Waals surface area contributed by atoms with Crippen LogP contribution in [0.25, 0.3) is 6.08 Å². The number of aliphatic hydroxyl groups is 1. The van der Waals surface area contributed by atoms with Gasteiger partial charge in [-0.3, -0.25) is 9.78 Å². The van der Waals surface area contributed by atoms with Gasteiger partial charge in [0.25, 0.3) is 0 Å². The highest BCUT2D eigenvalue weighted by atomic mass is 19.1. The van der Waals surface area contributed by atoms with Crippen molar-refractivity contribution < 1.29 is 23.4 Å². The standard InChI is InChI=1S/C17H16F2N2O3/c18-13-2-4-16(5-3-13)24-11-15(22)10-21-17(23)6-1-12-7-14(19)9-20-8-12/h1-9,15,22H,10-11H2,(H,21,23)/b6-1+. The van der Waals surface area contributed by atoms with Crippen LogP contribution in [0, 0.1) is 11.6 Å². The predicted octanol–water partition coefficient (Wildman–Crippen LogP) is 1.93. The lowest BCUT2D eigenvalue weighted by Crippen LogP contribution is -2.34. The molecule has 5 nitrogen and oxygen atoms in total. The maximum Gasteiger partial charge on any atom is 0.244 e. The molecule has 0 aliphatic heterocycles. The monoisotopic (exact) mass is 334 g/mol. The number of rotatable bonds is 7. The van der Waals surface area contributed by atoms with Crippen LogP contribution < -0.4 is 10.1 Å². The van der Waals surface area contributed by atoms with Crippen LogP contribution in [0.3, 0.4) is 0 Å². The van der Waals surface area contributed by atoms with E-state index in [1.807, 2.05) is 0 Å². The average molecular weight is 334 g/mol. The molecule has 2 N–H and O–H groups in total. The zero-order chi connectivity index (χ0) is 17.4. The van der Waals surface area contributed by atoms with Gasteiger partial charge < -0.3 is 15.2 Å². The highest BCUT2D eigenvalue weighted by Gasteiger charge is 2.07. The number of pyridine rings is 1. The fourth-order valence-electron chi connectivity index (χ4n) is 1.75. The molecule has 1 atom stereocenters. The van der Waals surface area contributed by atoms with E-state index < -0.39 is 17.8 Å². The lowest BCUT2D eigenvalue weighted by molar-refractivity contribution is -0.117. The largest absolute Gasteiger partial charge is 0.491 e. The molecule has 0 saturated heterocycles. The zero-order valence-electron chi connectivity index (χ0n) is 12.7. The van der Waals surface area contributed by atoms with Crippen LogP contribution in [-0.4, -0.2) is 35.3 Å². The first-order chi connectivity index (χ1) is 11.5. The van der Waals surface area contributed by atoms with Crippen molar-refractivity contribution in [1.82, 2.24) is 10.3 Å². The number of ether oxygens (including phenoxy) is 1. The summed E-state index contributed by atoms with van der Waals surface area (Å²) >= 11 is 0. The number of halogens is 2. The van der Waals surface area contributed by atoms with E-state index in [1.165, 1.54) is 48.7 Å². The molecule has 0 radical (unpaired) electrons. The fourth-order valence-corrected chi connectivity index (χ4v) is 1.75. The average Bonchev–Trinajstić information content (AvgIpc) is 2.57. The van der Waals surface area contributed by atoms with Crippen LogP contribution in [0.15, 0.2) is 48.8 Å². The van der Waals surface area contributed by atoms with Crippen molar-refractivity contribution in [3.63, 3.8) is 0 Å². The molecule has 0 saturated carbocycles. The number of carbonyl (C=O) groups excluding carboxylic acids is 1. The van der Waals surface area contributed by atoms with Crippen LogP contribution in [0.5, 0.6) is 5.75 Å². The van der Waals surface area contributed by atoms with Crippen LogP contribution >= 0.6 is 0 Å². The van der Waals surface area contributed by atoms with Crippen molar-refractivity contribution in [1.29, 1.82) is 0 Å². The molecule has 7 heteroatoms. The molecule has 2 rings (SSSR count). The molecule has 2 aromatic rings. The summed E-state index contributed by atoms with van der Waals surface area (Å²) in [6, 6.07) is 6.61. The first kappa shape index (κ1) is 17.6. The number of amides is 1. The smallest absolute Gasteiger partial charge is 0.244 e. The van der Waals surface area contributed by atoms with Crippen molar-refractivity contribution in [2.24, 2.45) is 0 Å². The van der Waals surface area contributed by atoms with Gasteiger partial charge in [0.1, 0.15) is 30.1 Å². The van der Waals surface area contributed by atoms with Gasteiger partial charge in [-0.2, -0.15) is 0 Å². The molecule has 0 aliphatic rings. The maximum atomic E-state index is 12.9. The summed E-state index contributed by atoms with van der Waals surface area (Å²) in [5, 5.41) is 12.2. The van der Waals surface area contributed by atoms with Crippen molar-refractivity contribution in [3.8, 4) is 5.75 Å². The van der Waals surface area contributed by atoms with E-state index >= 15 is 0 Å². The third kappa shape index (κ3) is 6.13. The number of carbonyl (C=O) groups is 1. The van der Waals surface area contributed by atoms with E-state index in [2.05, 4.69) is 10.3 Å². The molecule has 1 aromatic heterocycles. The summed E-state index contributed by atoms with van der Waals surface area (Å²) in [4.78, 5) is 15.3. The van der Waals surface area contributed by atoms with Crippen LogP contribution in [0.1, 0.15) is 5.56 Å². The Bertz CT molecular complexity index is 705. The molecule has 1 heterocycles. The Labute approximate surface area is 137 Å². The second-order valence-corrected chi connectivity index (χ2v) is 4.93. The number of aliphatic hydroxyl groups excluding tert-OH is 1. The Morgan fingerprint density at radius 2 is 2.00 bits per heavy atom. The van der Waals surface area contributed by atoms with E-state index in [0.717, 1.165) is 6.20 Å². The first-order valence-electron chi connectivity index (χ1n) is 7.16. The Balaban J connectivity index is 1.71. The maximum absolute atomic E-state index is 12.9. The molecular formula is C17H16F2N2O3. The van der Waals surface area contributed by atoms with Gasteiger partial charge in [-0.1, -0.05) is 0 Å². The van der Waals surface area contributed by atoms with E-state index in [0.29, 0.717) is 11.3 Å². The van der Waals surface area contributed by atoms with E-state index in [1.54, 1.807) is 0 Å². The molecule has 1 unspecified atom stereocenters. The summed E-state index contributed by atoms with van der Waals surface area (Å²) in [7, 11) is 0. The first-order valence-corrected chi connectivity index (χ1v) is 7.16. The molecule has 126 valence electrons. The summed E-state index contributed by atoms with van der Waals surface area (Å²) in [5.41, 5.74) is 0.449. The molecule has 0 aliphatic carbocycles. The Morgan fingerprint density at radius 3 is 2.71 bits per heavy atom. The summed E-state index contributed by atoms with van der Waals surface area (Å²) in [6.45, 7) is -0.0742. The number of nitrogens with one attached hydrogen (secondary N) is 1. The minimum absolute atomic E-state index is 0.0221. The molecular weight excluding hydrogens is 318 g/mol. The Kier molecular flexibility index (Phi) is 6.39. The highest BCUT2D eigenvalue weighted by Crippen LogP contribution is 2.11. The lowest BCUT2D eigenvalue weighted by atomic mass is 10.2. The zero-order valence-corrected chi connectivity index (χ0v) is 12.7. The summed E-state index contributed by atoms with van der Waals surface area (Å²) in [5.74, 6) is -0.901. The third-order valence-corrected chi connectivity index (χ3v) is 2.92. The molecule has 0 spiro atoms. The Morgan fingerprint density at radius 1 is 1.25 bits per heavy atom. The third-order valence-electron chi connectivity index (χ3n) is 2.92. The van der Waals surface area contributed by atoms with Gasteiger partial charge in [-0.05, 0) is 42.0 Å². The van der Waals surface area contributed by atoms with Gasteiger partial charge in [-0.15, -0.1) is 0 Å². The van der Waals surface area contributed by atoms with Gasteiger partial charge in [0.15, 0.2) is 0 Å². The summed E-state index contributed by atoms with van der Waals surface area (Å²) < 4.78 is 30.9. The van der Waals surface area contributed by atoms with Crippen molar-refractivity contribution in [2.75, 3.05) is 13.2 Å². The quantitative estimate of drug-likeness (QED) is 0.759. The Hall–Kier alpha value is -2.80. The second kappa shape index (κ2) is 8.73. The van der Waals surface area contributed by atoms with Crippen molar-refractivity contribution >= 4 is 12.0 Å². The van der Waals surface area contributed by atoms with Crippen molar-refractivity contribution in [2.45, 2.75) is 6.10 Å². The van der Waals surface area contributed by atoms with Gasteiger partial charge >= 0.3 is 0 Å². The van der Waals surface area contributed by atoms with Crippen LogP contribution in [0.2, 0.25) is 0 Å². The topological polar surface area (TPSA) is 71.5 Å². The van der Waals surface area contributed by atoms with Crippen molar-refractivity contribution in [3.05, 3.63) is 66.0 Å². The number of nitrogens with zero attached hydrogens (tertiary/aromatic N) is 1. The minimum Gasteiger partial charge on any atom is -0.491 e. The normalized spacial score (nSPS) is 12.1. The fraction of sp³-hybridized carbons (Fsp3) is 0.176. The van der Waals surface area contributed by atoms with Gasteiger partial charge in [0, 0.05) is 18.8 Å². The molecule has 24 heavy (non-hydrogen) atoms. The molecule has 0 bridgehead atoms. The van der Waals surface area contributed by atoms with Crippen LogP contribution in [-0.2, 0) is 4.79 Å². The molecule has 0 fully saturated rings. The van der Waals surface area contributed by atoms with E-state index in [-0.39, 0.29) is 19.0 Å². The van der Waals surface area contributed by atoms with Gasteiger partial charge in [0.05, 0.1) is 6.20 Å². The number of hydrogen-bond acceptors (Lipinski definition) is 4. The minimum atomic E-state index is -0.928. The van der Waals surface area contributed by atoms with Gasteiger partial charge in [-0.25, -0.2) is 8.78 Å². The van der Waals surface area contributed by atoms with E-state index in [4.69, 9.17) is 4.74 Å². The molecule has 1 amide bonds. The lowest BCUT2D eigenvalue weighted by Gasteiger charge is -2.12. The summed E-state index contributed by atoms with van der Waals surface area (Å²) in [6.07, 6.45) is 4.17. The number of benzene rings is 1. The predicted molar refractivity (Wildman–Crippen MR) is 84.1 cm³/mol. The molecule has 1 aromatic carbocycles. The highest BCUT2D eigenvalue weighted by molar-refractivity contribution is 5.91. The second-order valence-electron chi connectivity index (χ2n) is 4.93. The SMILES string of the molecule is O=C(/C=C/c1cncc(F)c1)NCC(O)COc1ccc(F)cc1. The van der Waals surface area contributed by atoms with Crippen LogP contribution in [0.4, 0.5) is 8.78 Å². The van der Waals surface area contributed by atoms with E-state index in [9.17, 15) is 18.7 Å². The number of hydrogen-bond donors (Lipinski definition) is 2. The van der Waals surface area contributed by atoms with Gasteiger partial charge in [0.2, 0.25) is 5.91 Å².